The zero-order valence-corrected chi connectivity index (χ0v) is 7.53. The van der Waals surface area contributed by atoms with E-state index in [4.69, 9.17) is 0 Å². The second-order valence-electron chi connectivity index (χ2n) is 2.99. The first kappa shape index (κ1) is 11.4. The highest BCUT2D eigenvalue weighted by molar-refractivity contribution is 4.54. The van der Waals surface area contributed by atoms with E-state index in [1.54, 1.807) is 0 Å². The molecule has 4 heteroatoms. The number of hydrogen-bond donors (Lipinski definition) is 1. The topological polar surface area (TPSA) is 63.4 Å². The molecule has 12 heavy (non-hydrogen) atoms. The molecule has 0 heterocycles. The van der Waals surface area contributed by atoms with Crippen molar-refractivity contribution in [2.45, 2.75) is 45.1 Å². The molecular formula is C8H17NO3. The van der Waals surface area contributed by atoms with Gasteiger partial charge in [0.15, 0.2) is 0 Å². The Morgan fingerprint density at radius 2 is 2.08 bits per heavy atom. The molecular weight excluding hydrogens is 158 g/mol. The lowest BCUT2D eigenvalue weighted by atomic mass is 10.1. The third-order valence-corrected chi connectivity index (χ3v) is 1.79. The van der Waals surface area contributed by atoms with Crippen molar-refractivity contribution in [2.24, 2.45) is 0 Å². The van der Waals surface area contributed by atoms with E-state index in [1.165, 1.54) is 0 Å². The molecule has 0 aromatic carbocycles. The molecule has 0 aliphatic carbocycles. The fraction of sp³-hybridized carbons (Fsp3) is 1.00. The number of rotatable bonds is 7. The van der Waals surface area contributed by atoms with E-state index in [-0.39, 0.29) is 17.9 Å². The Morgan fingerprint density at radius 3 is 2.58 bits per heavy atom. The molecule has 1 atom stereocenters. The van der Waals surface area contributed by atoms with Crippen molar-refractivity contribution in [1.29, 1.82) is 0 Å². The second-order valence-corrected chi connectivity index (χ2v) is 2.99. The lowest BCUT2D eigenvalue weighted by Crippen LogP contribution is -2.13. The van der Waals surface area contributed by atoms with Crippen molar-refractivity contribution in [1.82, 2.24) is 0 Å². The van der Waals surface area contributed by atoms with Crippen LogP contribution in [0.4, 0.5) is 0 Å². The van der Waals surface area contributed by atoms with E-state index in [9.17, 15) is 15.2 Å². The lowest BCUT2D eigenvalue weighted by molar-refractivity contribution is -0.482. The molecule has 0 radical (unpaired) electrons. The largest absolute Gasteiger partial charge is 0.393 e. The molecule has 1 N–H and O–H groups in total. The average Bonchev–Trinajstić information content (AvgIpc) is 2.01. The van der Waals surface area contributed by atoms with Crippen molar-refractivity contribution in [2.75, 3.05) is 6.54 Å². The molecule has 0 bridgehead atoms. The van der Waals surface area contributed by atoms with Crippen molar-refractivity contribution < 1.29 is 10.0 Å². The minimum absolute atomic E-state index is 0.118. The van der Waals surface area contributed by atoms with Crippen molar-refractivity contribution >= 4 is 0 Å². The first-order chi connectivity index (χ1) is 5.66. The summed E-state index contributed by atoms with van der Waals surface area (Å²) < 4.78 is 0. The Balaban J connectivity index is 3.21. The maximum absolute atomic E-state index is 9.93. The summed E-state index contributed by atoms with van der Waals surface area (Å²) in [5.74, 6) is 0. The second kappa shape index (κ2) is 7.03. The summed E-state index contributed by atoms with van der Waals surface area (Å²) in [5.41, 5.74) is 0. The third-order valence-electron chi connectivity index (χ3n) is 1.79. The maximum Gasteiger partial charge on any atom is 0.206 e. The number of hydrogen-bond acceptors (Lipinski definition) is 3. The van der Waals surface area contributed by atoms with Crippen LogP contribution in [0.5, 0.6) is 0 Å². The van der Waals surface area contributed by atoms with Gasteiger partial charge in [0.25, 0.3) is 0 Å². The highest BCUT2D eigenvalue weighted by Gasteiger charge is 2.07. The van der Waals surface area contributed by atoms with Gasteiger partial charge in [-0.25, -0.2) is 0 Å². The summed E-state index contributed by atoms with van der Waals surface area (Å²) >= 11 is 0. The van der Waals surface area contributed by atoms with Gasteiger partial charge >= 0.3 is 0 Å². The molecule has 1 unspecified atom stereocenters. The predicted molar refractivity (Wildman–Crippen MR) is 46.6 cm³/mol. The summed E-state index contributed by atoms with van der Waals surface area (Å²) in [5, 5.41) is 19.1. The van der Waals surface area contributed by atoms with Crippen LogP contribution in [-0.4, -0.2) is 22.7 Å². The number of aliphatic hydroxyl groups excluding tert-OH is 1. The summed E-state index contributed by atoms with van der Waals surface area (Å²) in [7, 11) is 0. The fourth-order valence-corrected chi connectivity index (χ4v) is 1.03. The number of unbranched alkanes of at least 4 members (excludes halogenated alkanes) is 2. The molecule has 72 valence electrons. The van der Waals surface area contributed by atoms with Crippen LogP contribution in [0.3, 0.4) is 0 Å². The van der Waals surface area contributed by atoms with Crippen LogP contribution >= 0.6 is 0 Å². The van der Waals surface area contributed by atoms with E-state index in [0.717, 1.165) is 19.3 Å². The summed E-state index contributed by atoms with van der Waals surface area (Å²) in [4.78, 5) is 9.54. The molecule has 0 aliphatic heterocycles. The zero-order chi connectivity index (χ0) is 9.40. The van der Waals surface area contributed by atoms with Gasteiger partial charge in [0.1, 0.15) is 0 Å². The maximum atomic E-state index is 9.93. The number of nitro groups is 1. The molecule has 0 saturated carbocycles. The smallest absolute Gasteiger partial charge is 0.206 e. The van der Waals surface area contributed by atoms with Crippen LogP contribution in [-0.2, 0) is 0 Å². The average molecular weight is 175 g/mol. The van der Waals surface area contributed by atoms with Gasteiger partial charge in [0.05, 0.1) is 6.10 Å². The molecule has 0 spiro atoms. The molecule has 0 aromatic heterocycles. The van der Waals surface area contributed by atoms with Gasteiger partial charge in [-0.15, -0.1) is 0 Å². The zero-order valence-electron chi connectivity index (χ0n) is 7.53. The number of aliphatic hydroxyl groups is 1. The third kappa shape index (κ3) is 7.47. The SMILES string of the molecule is CCCCCC(O)CC[N+](=O)[O-]. The van der Waals surface area contributed by atoms with Gasteiger partial charge in [-0.1, -0.05) is 26.2 Å². The van der Waals surface area contributed by atoms with Gasteiger partial charge in [-0.2, -0.15) is 0 Å². The quantitative estimate of drug-likeness (QED) is 0.363. The Hall–Kier alpha value is -0.640. The van der Waals surface area contributed by atoms with Crippen LogP contribution < -0.4 is 0 Å². The van der Waals surface area contributed by atoms with Crippen molar-refractivity contribution in [3.8, 4) is 0 Å². The van der Waals surface area contributed by atoms with E-state index in [2.05, 4.69) is 6.92 Å². The Kier molecular flexibility index (Phi) is 6.66. The Labute approximate surface area is 72.7 Å². The molecule has 0 amide bonds. The van der Waals surface area contributed by atoms with Gasteiger partial charge in [-0.05, 0) is 6.42 Å². The molecule has 4 nitrogen and oxygen atoms in total. The standard InChI is InChI=1S/C8H17NO3/c1-2-3-4-5-8(10)6-7-9(11)12/h8,10H,2-7H2,1H3. The Bertz CT molecular complexity index is 127. The normalized spacial score (nSPS) is 12.8. The summed E-state index contributed by atoms with van der Waals surface area (Å²) in [6.45, 7) is 1.97. The number of nitrogens with zero attached hydrogens (tertiary/aromatic N) is 1. The monoisotopic (exact) mass is 175 g/mol. The summed E-state index contributed by atoms with van der Waals surface area (Å²) in [6.07, 6.45) is 3.67. The van der Waals surface area contributed by atoms with Gasteiger partial charge in [0.2, 0.25) is 6.54 Å². The van der Waals surface area contributed by atoms with Gasteiger partial charge in [-0.3, -0.25) is 10.1 Å². The Morgan fingerprint density at radius 1 is 1.42 bits per heavy atom. The predicted octanol–water partition coefficient (Wildman–Crippen LogP) is 1.59. The van der Waals surface area contributed by atoms with Gasteiger partial charge < -0.3 is 5.11 Å². The van der Waals surface area contributed by atoms with E-state index < -0.39 is 6.10 Å². The van der Waals surface area contributed by atoms with Crippen molar-refractivity contribution in [3.05, 3.63) is 10.1 Å². The fourth-order valence-electron chi connectivity index (χ4n) is 1.03. The first-order valence-electron chi connectivity index (χ1n) is 4.46. The lowest BCUT2D eigenvalue weighted by Gasteiger charge is -2.06. The van der Waals surface area contributed by atoms with Crippen LogP contribution in [0.2, 0.25) is 0 Å². The van der Waals surface area contributed by atoms with Crippen LogP contribution in [0.1, 0.15) is 39.0 Å². The summed E-state index contributed by atoms with van der Waals surface area (Å²) in [6, 6.07) is 0. The molecule has 0 rings (SSSR count). The van der Waals surface area contributed by atoms with Crippen LogP contribution in [0, 0.1) is 10.1 Å². The molecule has 0 aromatic rings. The minimum Gasteiger partial charge on any atom is -0.393 e. The first-order valence-corrected chi connectivity index (χ1v) is 4.46. The van der Waals surface area contributed by atoms with Crippen LogP contribution in [0.25, 0.3) is 0 Å². The highest BCUT2D eigenvalue weighted by atomic mass is 16.6. The van der Waals surface area contributed by atoms with Crippen molar-refractivity contribution in [3.63, 3.8) is 0 Å². The van der Waals surface area contributed by atoms with Gasteiger partial charge in [0, 0.05) is 11.3 Å². The minimum atomic E-state index is -0.484. The molecule has 0 aliphatic rings. The van der Waals surface area contributed by atoms with Crippen LogP contribution in [0.15, 0.2) is 0 Å². The molecule has 0 saturated heterocycles. The van der Waals surface area contributed by atoms with E-state index in [0.29, 0.717) is 6.42 Å². The molecule has 0 fully saturated rings. The van der Waals surface area contributed by atoms with E-state index >= 15 is 0 Å². The van der Waals surface area contributed by atoms with E-state index in [1.807, 2.05) is 0 Å². The highest BCUT2D eigenvalue weighted by Crippen LogP contribution is 2.05.